The SMILES string of the molecule is Cc1cc2oc(=O)c3cc(-c4cc[nH+]c5c4ccn5S(=O)(=O)c4ccccc4)[nH]c3c2cc1N=O. The van der Waals surface area contributed by atoms with Gasteiger partial charge in [-0.05, 0) is 60.1 Å². The van der Waals surface area contributed by atoms with Gasteiger partial charge >= 0.3 is 21.3 Å². The first kappa shape index (κ1) is 21.0. The molecule has 0 saturated carbocycles. The summed E-state index contributed by atoms with van der Waals surface area (Å²) < 4.78 is 33.1. The van der Waals surface area contributed by atoms with Crippen molar-refractivity contribution < 1.29 is 17.8 Å². The molecule has 0 radical (unpaired) electrons. The highest BCUT2D eigenvalue weighted by Gasteiger charge is 2.27. The van der Waals surface area contributed by atoms with Crippen LogP contribution in [0.1, 0.15) is 5.56 Å². The quantitative estimate of drug-likeness (QED) is 0.287. The second-order valence-corrected chi connectivity index (χ2v) is 9.99. The van der Waals surface area contributed by atoms with Crippen LogP contribution in [-0.4, -0.2) is 17.4 Å². The summed E-state index contributed by atoms with van der Waals surface area (Å²) in [5.41, 5.74) is 2.84. The number of aromatic nitrogens is 3. The lowest BCUT2D eigenvalue weighted by Crippen LogP contribution is -2.17. The van der Waals surface area contributed by atoms with Gasteiger partial charge in [0.15, 0.2) is 0 Å². The highest BCUT2D eigenvalue weighted by molar-refractivity contribution is 7.90. The van der Waals surface area contributed by atoms with E-state index < -0.39 is 15.6 Å². The largest absolute Gasteiger partial charge is 0.422 e. The maximum absolute atomic E-state index is 13.2. The minimum absolute atomic E-state index is 0.167. The summed E-state index contributed by atoms with van der Waals surface area (Å²) in [6, 6.07) is 16.5. The van der Waals surface area contributed by atoms with Gasteiger partial charge in [-0.3, -0.25) is 0 Å². The molecule has 0 aliphatic heterocycles. The minimum atomic E-state index is -3.82. The second-order valence-electron chi connectivity index (χ2n) is 8.17. The number of nitrogens with one attached hydrogen (secondary N) is 2. The van der Waals surface area contributed by atoms with Crippen molar-refractivity contribution in [2.45, 2.75) is 11.8 Å². The zero-order chi connectivity index (χ0) is 24.3. The van der Waals surface area contributed by atoms with Crippen molar-refractivity contribution >= 4 is 48.6 Å². The van der Waals surface area contributed by atoms with Crippen molar-refractivity contribution in [1.29, 1.82) is 0 Å². The maximum Gasteiger partial charge on any atom is 0.345 e. The minimum Gasteiger partial charge on any atom is -0.422 e. The molecule has 6 aromatic rings. The molecule has 2 aromatic carbocycles. The number of pyridine rings is 1. The molecule has 0 unspecified atom stereocenters. The van der Waals surface area contributed by atoms with Gasteiger partial charge in [-0.2, -0.15) is 8.42 Å². The molecule has 10 heteroatoms. The number of aryl methyl sites for hydroxylation is 1. The van der Waals surface area contributed by atoms with Gasteiger partial charge in [0.25, 0.3) is 0 Å². The fourth-order valence-corrected chi connectivity index (χ4v) is 5.72. The van der Waals surface area contributed by atoms with Gasteiger partial charge in [-0.25, -0.2) is 9.78 Å². The Morgan fingerprint density at radius 1 is 1.00 bits per heavy atom. The molecular weight excluding hydrogens is 468 g/mol. The number of hydrogen-bond acceptors (Lipinski definition) is 6. The van der Waals surface area contributed by atoms with E-state index >= 15 is 0 Å². The molecule has 0 atom stereocenters. The van der Waals surface area contributed by atoms with Crippen molar-refractivity contribution in [2.75, 3.05) is 0 Å². The van der Waals surface area contributed by atoms with E-state index in [2.05, 4.69) is 15.1 Å². The van der Waals surface area contributed by atoms with Crippen molar-refractivity contribution in [3.8, 4) is 11.3 Å². The molecule has 0 bridgehead atoms. The van der Waals surface area contributed by atoms with Gasteiger partial charge in [0, 0.05) is 16.6 Å². The monoisotopic (exact) mass is 485 g/mol. The molecule has 0 spiro atoms. The summed E-state index contributed by atoms with van der Waals surface area (Å²) in [4.78, 5) is 30.4. The Hall–Kier alpha value is -4.57. The van der Waals surface area contributed by atoms with Crippen LogP contribution >= 0.6 is 0 Å². The van der Waals surface area contributed by atoms with E-state index in [-0.39, 0.29) is 10.6 Å². The zero-order valence-corrected chi connectivity index (χ0v) is 19.1. The van der Waals surface area contributed by atoms with Gasteiger partial charge in [-0.15, -0.1) is 8.88 Å². The van der Waals surface area contributed by atoms with Gasteiger partial charge in [0.2, 0.25) is 0 Å². The van der Waals surface area contributed by atoms with E-state index in [4.69, 9.17) is 4.42 Å². The van der Waals surface area contributed by atoms with E-state index in [0.29, 0.717) is 49.7 Å². The molecular formula is C25H17N4O5S+. The Morgan fingerprint density at radius 2 is 1.80 bits per heavy atom. The Balaban J connectivity index is 1.59. The second kappa shape index (κ2) is 7.47. The molecule has 0 amide bonds. The molecule has 0 saturated heterocycles. The Kier molecular flexibility index (Phi) is 4.48. The highest BCUT2D eigenvalue weighted by atomic mass is 32.2. The average Bonchev–Trinajstić information content (AvgIpc) is 3.50. The standard InChI is InChI=1S/C25H16N4O5S/c1-14-11-22-18(12-20(14)28-31)23-19(25(30)34-22)13-21(27-23)16-7-9-26-24-17(16)8-10-29(24)35(32,33)15-5-3-2-4-6-15/h2-13,27H,1H3/p+1. The van der Waals surface area contributed by atoms with Crippen LogP contribution in [0.2, 0.25) is 0 Å². The number of nitroso groups, excluding NO2 is 1. The first-order chi connectivity index (χ1) is 16.9. The van der Waals surface area contributed by atoms with Crippen LogP contribution in [0.3, 0.4) is 0 Å². The Labute approximate surface area is 197 Å². The van der Waals surface area contributed by atoms with E-state index in [0.717, 1.165) is 0 Å². The molecule has 4 aromatic heterocycles. The summed E-state index contributed by atoms with van der Waals surface area (Å²) in [5, 5.41) is 4.56. The Bertz CT molecular complexity index is 1970. The third-order valence-corrected chi connectivity index (χ3v) is 7.80. The van der Waals surface area contributed by atoms with E-state index in [1.807, 2.05) is 0 Å². The van der Waals surface area contributed by atoms with E-state index in [1.165, 1.54) is 22.3 Å². The molecule has 4 heterocycles. The summed E-state index contributed by atoms with van der Waals surface area (Å²) in [6.45, 7) is 1.71. The topological polar surface area (TPSA) is 129 Å². The highest BCUT2D eigenvalue weighted by Crippen LogP contribution is 2.34. The number of H-pyrrole nitrogens is 2. The maximum atomic E-state index is 13.2. The molecule has 9 nitrogen and oxygen atoms in total. The summed E-state index contributed by atoms with van der Waals surface area (Å²) in [7, 11) is -3.82. The summed E-state index contributed by atoms with van der Waals surface area (Å²) in [6.07, 6.45) is 3.13. The van der Waals surface area contributed by atoms with Gasteiger partial charge < -0.3 is 9.40 Å². The molecule has 2 N–H and O–H groups in total. The molecule has 0 fully saturated rings. The van der Waals surface area contributed by atoms with Crippen molar-refractivity contribution in [1.82, 2.24) is 8.96 Å². The smallest absolute Gasteiger partial charge is 0.345 e. The molecule has 35 heavy (non-hydrogen) atoms. The van der Waals surface area contributed by atoms with Gasteiger partial charge in [0.05, 0.1) is 22.5 Å². The summed E-state index contributed by atoms with van der Waals surface area (Å²) >= 11 is 0. The molecule has 0 aliphatic rings. The predicted octanol–water partition coefficient (Wildman–Crippen LogP) is 4.65. The van der Waals surface area contributed by atoms with Crippen molar-refractivity contribution in [3.63, 3.8) is 0 Å². The van der Waals surface area contributed by atoms with Crippen LogP contribution in [0.15, 0.2) is 92.3 Å². The lowest BCUT2D eigenvalue weighted by Gasteiger charge is -2.03. The molecule has 6 rings (SSSR count). The van der Waals surface area contributed by atoms with Crippen LogP contribution in [0.4, 0.5) is 5.69 Å². The fourth-order valence-electron chi connectivity index (χ4n) is 4.38. The van der Waals surface area contributed by atoms with Crippen LogP contribution in [-0.2, 0) is 10.0 Å². The number of fused-ring (bicyclic) bond motifs is 4. The first-order valence-corrected chi connectivity index (χ1v) is 12.1. The number of hydrogen-bond donors (Lipinski definition) is 1. The normalized spacial score (nSPS) is 12.0. The number of benzene rings is 2. The lowest BCUT2D eigenvalue weighted by atomic mass is 10.1. The lowest BCUT2D eigenvalue weighted by molar-refractivity contribution is -0.347. The number of rotatable bonds is 4. The predicted molar refractivity (Wildman–Crippen MR) is 131 cm³/mol. The van der Waals surface area contributed by atoms with Gasteiger partial charge in [0.1, 0.15) is 22.4 Å². The van der Waals surface area contributed by atoms with Crippen LogP contribution < -0.4 is 10.6 Å². The third-order valence-electron chi connectivity index (χ3n) is 6.11. The Morgan fingerprint density at radius 3 is 2.57 bits per heavy atom. The number of nitrogens with zero attached hydrogens (tertiary/aromatic N) is 2. The van der Waals surface area contributed by atoms with Crippen LogP contribution in [0.5, 0.6) is 0 Å². The average molecular weight is 486 g/mol. The number of aromatic amines is 2. The first-order valence-electron chi connectivity index (χ1n) is 10.6. The van der Waals surface area contributed by atoms with E-state index in [9.17, 15) is 18.1 Å². The van der Waals surface area contributed by atoms with Crippen molar-refractivity contribution in [3.05, 3.63) is 93.9 Å². The van der Waals surface area contributed by atoms with E-state index in [1.54, 1.807) is 61.7 Å². The van der Waals surface area contributed by atoms with Crippen LogP contribution in [0.25, 0.3) is 44.2 Å². The zero-order valence-electron chi connectivity index (χ0n) is 18.3. The molecule has 172 valence electrons. The van der Waals surface area contributed by atoms with Gasteiger partial charge in [-0.1, -0.05) is 18.2 Å². The van der Waals surface area contributed by atoms with Crippen LogP contribution in [0, 0.1) is 11.8 Å². The fraction of sp³-hybridized carbons (Fsp3) is 0.0400. The third kappa shape index (κ3) is 3.11. The van der Waals surface area contributed by atoms with Crippen molar-refractivity contribution in [2.24, 2.45) is 5.18 Å². The molecule has 0 aliphatic carbocycles. The summed E-state index contributed by atoms with van der Waals surface area (Å²) in [5.74, 6) is 0.